The summed E-state index contributed by atoms with van der Waals surface area (Å²) in [4.78, 5) is 10.2. The minimum atomic E-state index is -4.05. The second kappa shape index (κ2) is 6.32. The third kappa shape index (κ3) is 3.77. The molecule has 0 heterocycles. The van der Waals surface area contributed by atoms with Crippen LogP contribution in [0.5, 0.6) is 0 Å². The zero-order chi connectivity index (χ0) is 15.5. The molecule has 1 rings (SSSR count). The molecule has 5 nitrogen and oxygen atoms in total. The molecule has 0 aliphatic rings. The van der Waals surface area contributed by atoms with E-state index in [1.165, 1.54) is 12.1 Å². The van der Waals surface area contributed by atoms with Gasteiger partial charge in [0, 0.05) is 12.6 Å². The lowest BCUT2D eigenvalue weighted by Crippen LogP contribution is -2.38. The topological polar surface area (TPSA) is 74.7 Å². The van der Waals surface area contributed by atoms with E-state index in [-0.39, 0.29) is 13.0 Å². The van der Waals surface area contributed by atoms with Gasteiger partial charge in [-0.15, -0.1) is 0 Å². The molecule has 1 aromatic rings. The molecule has 0 aliphatic heterocycles. The number of carbonyl (C=O) groups is 1. The number of aryl methyl sites for hydroxylation is 1. The van der Waals surface area contributed by atoms with E-state index in [1.807, 2.05) is 0 Å². The van der Waals surface area contributed by atoms with Gasteiger partial charge in [0.1, 0.15) is 10.7 Å². The maximum absolute atomic E-state index is 13.8. The van der Waals surface area contributed by atoms with Gasteiger partial charge in [-0.05, 0) is 38.5 Å². The fourth-order valence-corrected chi connectivity index (χ4v) is 3.59. The van der Waals surface area contributed by atoms with Crippen LogP contribution in [0, 0.1) is 12.7 Å². The van der Waals surface area contributed by atoms with Crippen molar-refractivity contribution in [3.8, 4) is 0 Å². The Labute approximate surface area is 118 Å². The second-order valence-corrected chi connectivity index (χ2v) is 6.65. The fraction of sp³-hybridized carbons (Fsp3) is 0.462. The van der Waals surface area contributed by atoms with E-state index in [4.69, 9.17) is 5.11 Å². The van der Waals surface area contributed by atoms with E-state index in [1.54, 1.807) is 20.8 Å². The molecule has 0 saturated heterocycles. The van der Waals surface area contributed by atoms with Crippen molar-refractivity contribution >= 4 is 16.0 Å². The Morgan fingerprint density at radius 1 is 1.40 bits per heavy atom. The average molecular weight is 303 g/mol. The summed E-state index contributed by atoms with van der Waals surface area (Å²) in [5.41, 5.74) is 0.618. The van der Waals surface area contributed by atoms with Crippen molar-refractivity contribution in [1.82, 2.24) is 4.31 Å². The van der Waals surface area contributed by atoms with Gasteiger partial charge in [0.25, 0.3) is 0 Å². The van der Waals surface area contributed by atoms with Crippen LogP contribution in [-0.2, 0) is 14.8 Å². The van der Waals surface area contributed by atoms with Crippen LogP contribution >= 0.6 is 0 Å². The summed E-state index contributed by atoms with van der Waals surface area (Å²) < 4.78 is 39.7. The van der Waals surface area contributed by atoms with Crippen LogP contribution in [0.2, 0.25) is 0 Å². The van der Waals surface area contributed by atoms with E-state index in [9.17, 15) is 17.6 Å². The number of halogens is 1. The summed E-state index contributed by atoms with van der Waals surface area (Å²) in [6.07, 6.45) is -0.329. The number of carboxylic acid groups (broad SMARTS) is 1. The summed E-state index contributed by atoms with van der Waals surface area (Å²) in [6.45, 7) is 4.71. The molecule has 1 N–H and O–H groups in total. The fourth-order valence-electron chi connectivity index (χ4n) is 1.80. The Kier molecular flexibility index (Phi) is 5.24. The third-order valence-electron chi connectivity index (χ3n) is 2.80. The maximum atomic E-state index is 13.8. The SMILES string of the molecule is Cc1ccc(F)c(S(=O)(=O)N(CCC(=O)O)C(C)C)c1. The average Bonchev–Trinajstić information content (AvgIpc) is 2.31. The maximum Gasteiger partial charge on any atom is 0.304 e. The minimum absolute atomic E-state index is 0.192. The molecule has 20 heavy (non-hydrogen) atoms. The predicted molar refractivity (Wildman–Crippen MR) is 72.4 cm³/mol. The summed E-state index contributed by atoms with van der Waals surface area (Å²) in [7, 11) is -4.05. The smallest absolute Gasteiger partial charge is 0.304 e. The Balaban J connectivity index is 3.22. The molecule has 0 radical (unpaired) electrons. The summed E-state index contributed by atoms with van der Waals surface area (Å²) in [6, 6.07) is 3.36. The van der Waals surface area contributed by atoms with Gasteiger partial charge in [-0.25, -0.2) is 12.8 Å². The van der Waals surface area contributed by atoms with Crippen molar-refractivity contribution in [3.63, 3.8) is 0 Å². The van der Waals surface area contributed by atoms with Crippen molar-refractivity contribution in [2.24, 2.45) is 0 Å². The first-order valence-corrected chi connectivity index (χ1v) is 7.60. The van der Waals surface area contributed by atoms with Crippen molar-refractivity contribution in [2.45, 2.75) is 38.1 Å². The number of rotatable bonds is 6. The van der Waals surface area contributed by atoms with Crippen LogP contribution in [0.15, 0.2) is 23.1 Å². The van der Waals surface area contributed by atoms with E-state index in [0.717, 1.165) is 10.4 Å². The molecule has 112 valence electrons. The summed E-state index contributed by atoms with van der Waals surface area (Å²) >= 11 is 0. The standard InChI is InChI=1S/C13H18FNO4S/c1-9(2)15(7-6-13(16)17)20(18,19)12-8-10(3)4-5-11(12)14/h4-5,8-9H,6-7H2,1-3H3,(H,16,17). The first-order valence-electron chi connectivity index (χ1n) is 6.16. The second-order valence-electron chi connectivity index (χ2n) is 4.79. The Bertz CT molecular complexity index is 598. The largest absolute Gasteiger partial charge is 0.481 e. The zero-order valence-corrected chi connectivity index (χ0v) is 12.4. The first-order chi connectivity index (χ1) is 9.16. The predicted octanol–water partition coefficient (Wildman–Crippen LogP) is 2.01. The van der Waals surface area contributed by atoms with Gasteiger partial charge in [-0.3, -0.25) is 4.79 Å². The van der Waals surface area contributed by atoms with Crippen LogP contribution in [0.1, 0.15) is 25.8 Å². The molecule has 0 spiro atoms. The van der Waals surface area contributed by atoms with Gasteiger partial charge in [0.15, 0.2) is 0 Å². The highest BCUT2D eigenvalue weighted by molar-refractivity contribution is 7.89. The molecule has 0 aliphatic carbocycles. The molecule has 0 bridgehead atoms. The Morgan fingerprint density at radius 3 is 2.50 bits per heavy atom. The number of carboxylic acids is 1. The highest BCUT2D eigenvalue weighted by Gasteiger charge is 2.29. The lowest BCUT2D eigenvalue weighted by atomic mass is 10.2. The first kappa shape index (κ1) is 16.6. The molecule has 0 saturated carbocycles. The minimum Gasteiger partial charge on any atom is -0.481 e. The van der Waals surface area contributed by atoms with Crippen molar-refractivity contribution < 1.29 is 22.7 Å². The van der Waals surface area contributed by atoms with Gasteiger partial charge in [0.2, 0.25) is 10.0 Å². The van der Waals surface area contributed by atoms with Crippen LogP contribution in [0.3, 0.4) is 0 Å². The molecule has 0 unspecified atom stereocenters. The van der Waals surface area contributed by atoms with E-state index < -0.39 is 32.7 Å². The Hall–Kier alpha value is -1.47. The number of nitrogens with zero attached hydrogens (tertiary/aromatic N) is 1. The molecule has 0 fully saturated rings. The van der Waals surface area contributed by atoms with Gasteiger partial charge in [-0.1, -0.05) is 6.07 Å². The molecule has 7 heteroatoms. The van der Waals surface area contributed by atoms with Gasteiger partial charge in [-0.2, -0.15) is 4.31 Å². The van der Waals surface area contributed by atoms with Crippen molar-refractivity contribution in [3.05, 3.63) is 29.6 Å². The molecule has 0 aromatic heterocycles. The van der Waals surface area contributed by atoms with Crippen LogP contribution in [0.25, 0.3) is 0 Å². The van der Waals surface area contributed by atoms with E-state index in [0.29, 0.717) is 5.56 Å². The molecule has 0 atom stereocenters. The number of hydrogen-bond donors (Lipinski definition) is 1. The summed E-state index contributed by atoms with van der Waals surface area (Å²) in [5, 5.41) is 8.68. The quantitative estimate of drug-likeness (QED) is 0.872. The van der Waals surface area contributed by atoms with E-state index >= 15 is 0 Å². The van der Waals surface area contributed by atoms with Crippen LogP contribution < -0.4 is 0 Å². The highest BCUT2D eigenvalue weighted by Crippen LogP contribution is 2.22. The zero-order valence-electron chi connectivity index (χ0n) is 11.6. The molecule has 1 aromatic carbocycles. The van der Waals surface area contributed by atoms with Crippen LogP contribution in [-0.4, -0.2) is 36.4 Å². The van der Waals surface area contributed by atoms with Gasteiger partial charge >= 0.3 is 5.97 Å². The van der Waals surface area contributed by atoms with E-state index in [2.05, 4.69) is 0 Å². The van der Waals surface area contributed by atoms with Gasteiger partial charge < -0.3 is 5.11 Å². The lowest BCUT2D eigenvalue weighted by Gasteiger charge is -2.25. The Morgan fingerprint density at radius 2 is 2.00 bits per heavy atom. The van der Waals surface area contributed by atoms with Gasteiger partial charge in [0.05, 0.1) is 6.42 Å². The highest BCUT2D eigenvalue weighted by atomic mass is 32.2. The molecular weight excluding hydrogens is 285 g/mol. The molecule has 0 amide bonds. The van der Waals surface area contributed by atoms with Crippen molar-refractivity contribution in [1.29, 1.82) is 0 Å². The third-order valence-corrected chi connectivity index (χ3v) is 4.89. The lowest BCUT2D eigenvalue weighted by molar-refractivity contribution is -0.137. The molecular formula is C13H18FNO4S. The number of hydrogen-bond acceptors (Lipinski definition) is 3. The number of aliphatic carboxylic acids is 1. The van der Waals surface area contributed by atoms with Crippen LogP contribution in [0.4, 0.5) is 4.39 Å². The number of benzene rings is 1. The normalized spacial score (nSPS) is 12.1. The summed E-state index contributed by atoms with van der Waals surface area (Å²) in [5.74, 6) is -1.94. The van der Waals surface area contributed by atoms with Crippen molar-refractivity contribution in [2.75, 3.05) is 6.54 Å². The monoisotopic (exact) mass is 303 g/mol. The number of sulfonamides is 1.